The van der Waals surface area contributed by atoms with Gasteiger partial charge in [0.2, 0.25) is 5.91 Å². The van der Waals surface area contributed by atoms with Crippen molar-refractivity contribution in [3.8, 4) is 0 Å². The van der Waals surface area contributed by atoms with Crippen LogP contribution in [0.3, 0.4) is 0 Å². The van der Waals surface area contributed by atoms with Gasteiger partial charge in [-0.15, -0.1) is 0 Å². The van der Waals surface area contributed by atoms with Crippen LogP contribution in [0.15, 0.2) is 12.2 Å². The first-order chi connectivity index (χ1) is 14.6. The highest BCUT2D eigenvalue weighted by atomic mass is 127. The molecule has 3 fully saturated rings. The lowest BCUT2D eigenvalue weighted by molar-refractivity contribution is -0.128. The Bertz CT molecular complexity index is 541. The molecule has 0 radical (unpaired) electrons. The van der Waals surface area contributed by atoms with Crippen molar-refractivity contribution in [3.63, 3.8) is 0 Å². The average molecular weight is 531 g/mol. The van der Waals surface area contributed by atoms with Crippen molar-refractivity contribution < 1.29 is 9.53 Å². The molecule has 4 atom stereocenters. The Morgan fingerprint density at radius 3 is 2.43 bits per heavy atom. The normalized spacial score (nSPS) is 28.8. The second-order valence-electron chi connectivity index (χ2n) is 9.67. The Morgan fingerprint density at radius 2 is 1.83 bits per heavy atom. The zero-order chi connectivity index (χ0) is 21.3. The van der Waals surface area contributed by atoms with E-state index in [9.17, 15) is 4.79 Å². The van der Waals surface area contributed by atoms with Crippen LogP contribution in [0.2, 0.25) is 0 Å². The van der Waals surface area contributed by atoms with Crippen molar-refractivity contribution >= 4 is 28.5 Å². The maximum absolute atomic E-state index is 12.7. The van der Waals surface area contributed by atoms with E-state index in [1.807, 2.05) is 6.08 Å². The number of piperazine rings is 1. The maximum Gasteiger partial charge on any atom is 0.246 e. The van der Waals surface area contributed by atoms with Gasteiger partial charge < -0.3 is 9.64 Å². The van der Waals surface area contributed by atoms with Crippen LogP contribution in [0.25, 0.3) is 0 Å². The Labute approximate surface area is 198 Å². The highest BCUT2D eigenvalue weighted by Gasteiger charge is 2.35. The second-order valence-corrected chi connectivity index (χ2v) is 10.7. The number of ether oxygens (including phenoxy) is 1. The van der Waals surface area contributed by atoms with Crippen molar-refractivity contribution in [2.75, 3.05) is 30.6 Å². The summed E-state index contributed by atoms with van der Waals surface area (Å²) in [5, 5.41) is 0. The third-order valence-electron chi connectivity index (χ3n) is 7.61. The number of hydrogen-bond donors (Lipinski definition) is 0. The minimum atomic E-state index is 0.129. The third kappa shape index (κ3) is 6.93. The summed E-state index contributed by atoms with van der Waals surface area (Å²) in [6, 6.07) is 0.722. The smallest absolute Gasteiger partial charge is 0.246 e. The molecule has 5 heteroatoms. The molecular formula is C25H43IN2O2. The number of carbonyl (C=O) groups is 1. The van der Waals surface area contributed by atoms with Gasteiger partial charge >= 0.3 is 0 Å². The molecular weight excluding hydrogens is 487 g/mol. The Hall–Kier alpha value is -0.140. The van der Waals surface area contributed by atoms with Crippen molar-refractivity contribution in [1.29, 1.82) is 0 Å². The molecule has 2 heterocycles. The molecule has 0 bridgehead atoms. The largest absolute Gasteiger partial charge is 0.371 e. The monoisotopic (exact) mass is 530 g/mol. The van der Waals surface area contributed by atoms with Crippen LogP contribution >= 0.6 is 22.6 Å². The molecule has 0 aromatic rings. The molecule has 0 aromatic carbocycles. The lowest BCUT2D eigenvalue weighted by Crippen LogP contribution is -2.55. The van der Waals surface area contributed by atoms with E-state index in [1.165, 1.54) is 55.8 Å². The molecule has 0 aromatic heterocycles. The van der Waals surface area contributed by atoms with Gasteiger partial charge in [0.15, 0.2) is 0 Å². The zero-order valence-electron chi connectivity index (χ0n) is 19.2. The summed E-state index contributed by atoms with van der Waals surface area (Å²) in [4.78, 5) is 17.5. The first-order valence-corrected chi connectivity index (χ1v) is 14.1. The van der Waals surface area contributed by atoms with Gasteiger partial charge in [0.1, 0.15) is 0 Å². The number of rotatable bonds is 9. The summed E-state index contributed by atoms with van der Waals surface area (Å²) in [5.74, 6) is 1.84. The first-order valence-electron chi connectivity index (χ1n) is 12.5. The number of halogens is 1. The highest BCUT2D eigenvalue weighted by molar-refractivity contribution is 14.1. The van der Waals surface area contributed by atoms with E-state index in [2.05, 4.69) is 46.2 Å². The molecule has 2 aliphatic heterocycles. The van der Waals surface area contributed by atoms with Crippen LogP contribution < -0.4 is 0 Å². The molecule has 172 valence electrons. The molecule has 3 rings (SSSR count). The number of nitrogens with zero attached hydrogens (tertiary/aromatic N) is 2. The van der Waals surface area contributed by atoms with Crippen LogP contribution in [0, 0.1) is 11.8 Å². The molecule has 1 amide bonds. The minimum Gasteiger partial charge on any atom is -0.371 e. The van der Waals surface area contributed by atoms with Gasteiger partial charge in [-0.1, -0.05) is 61.3 Å². The van der Waals surface area contributed by atoms with E-state index in [0.717, 1.165) is 56.9 Å². The topological polar surface area (TPSA) is 32.8 Å². The minimum absolute atomic E-state index is 0.129. The average Bonchev–Trinajstić information content (AvgIpc) is 3.21. The predicted octanol–water partition coefficient (Wildman–Crippen LogP) is 5.44. The molecule has 3 aliphatic rings. The van der Waals surface area contributed by atoms with Gasteiger partial charge in [-0.05, 0) is 61.7 Å². The van der Waals surface area contributed by atoms with Crippen molar-refractivity contribution in [3.05, 3.63) is 12.2 Å². The molecule has 2 saturated heterocycles. The SMILES string of the molecule is CCC(CCCI)C(C1CCCCC1)N1CCN(C(=O)/C=C/C2CCC(C)O2)CC1. The van der Waals surface area contributed by atoms with Gasteiger partial charge in [0.05, 0.1) is 12.2 Å². The molecule has 30 heavy (non-hydrogen) atoms. The van der Waals surface area contributed by atoms with Crippen LogP contribution in [0.4, 0.5) is 0 Å². The quantitative estimate of drug-likeness (QED) is 0.226. The standard InChI is InChI=1S/C25H43IN2O2/c1-3-21(10-7-15-26)25(22-8-5-4-6-9-22)28-18-16-27(17-19-28)24(29)14-13-23-12-11-20(2)30-23/h13-14,20-23,25H,3-12,15-19H2,1-2H3/b14-13+. The van der Waals surface area contributed by atoms with Crippen LogP contribution in [0.1, 0.15) is 78.1 Å². The molecule has 1 aliphatic carbocycles. The molecule has 1 saturated carbocycles. The van der Waals surface area contributed by atoms with E-state index in [-0.39, 0.29) is 12.0 Å². The summed E-state index contributed by atoms with van der Waals surface area (Å²) in [6.07, 6.45) is 17.4. The Balaban J connectivity index is 1.56. The van der Waals surface area contributed by atoms with Crippen molar-refractivity contribution in [2.45, 2.75) is 96.3 Å². The van der Waals surface area contributed by atoms with Gasteiger partial charge in [-0.25, -0.2) is 0 Å². The fraction of sp³-hybridized carbons (Fsp3) is 0.880. The second kappa shape index (κ2) is 12.8. The van der Waals surface area contributed by atoms with E-state index < -0.39 is 0 Å². The number of amides is 1. The third-order valence-corrected chi connectivity index (χ3v) is 8.38. The Kier molecular flexibility index (Phi) is 10.4. The fourth-order valence-electron chi connectivity index (χ4n) is 5.92. The van der Waals surface area contributed by atoms with Gasteiger partial charge in [-0.3, -0.25) is 9.69 Å². The Morgan fingerprint density at radius 1 is 1.10 bits per heavy atom. The first kappa shape index (κ1) is 24.5. The highest BCUT2D eigenvalue weighted by Crippen LogP contribution is 2.36. The lowest BCUT2D eigenvalue weighted by atomic mass is 9.75. The maximum atomic E-state index is 12.7. The van der Waals surface area contributed by atoms with Gasteiger partial charge in [-0.2, -0.15) is 0 Å². The van der Waals surface area contributed by atoms with E-state index in [0.29, 0.717) is 6.10 Å². The summed E-state index contributed by atoms with van der Waals surface area (Å²) in [7, 11) is 0. The summed E-state index contributed by atoms with van der Waals surface area (Å²) < 4.78 is 7.09. The summed E-state index contributed by atoms with van der Waals surface area (Å²) in [5.41, 5.74) is 0. The lowest BCUT2D eigenvalue weighted by Gasteiger charge is -2.46. The number of hydrogen-bond acceptors (Lipinski definition) is 3. The zero-order valence-corrected chi connectivity index (χ0v) is 21.4. The van der Waals surface area contributed by atoms with E-state index in [4.69, 9.17) is 4.74 Å². The summed E-state index contributed by atoms with van der Waals surface area (Å²) in [6.45, 7) is 8.33. The van der Waals surface area contributed by atoms with Gasteiger partial charge in [0.25, 0.3) is 0 Å². The van der Waals surface area contributed by atoms with Crippen molar-refractivity contribution in [1.82, 2.24) is 9.80 Å². The molecule has 0 N–H and O–H groups in total. The predicted molar refractivity (Wildman–Crippen MR) is 133 cm³/mol. The fourth-order valence-corrected chi connectivity index (χ4v) is 6.36. The van der Waals surface area contributed by atoms with Gasteiger partial charge in [0, 0.05) is 38.3 Å². The van der Waals surface area contributed by atoms with E-state index >= 15 is 0 Å². The van der Waals surface area contributed by atoms with Crippen LogP contribution in [-0.2, 0) is 9.53 Å². The van der Waals surface area contributed by atoms with Crippen molar-refractivity contribution in [2.24, 2.45) is 11.8 Å². The molecule has 0 spiro atoms. The van der Waals surface area contributed by atoms with E-state index in [1.54, 1.807) is 6.08 Å². The molecule has 4 unspecified atom stereocenters. The van der Waals surface area contributed by atoms with Crippen LogP contribution in [0.5, 0.6) is 0 Å². The summed E-state index contributed by atoms with van der Waals surface area (Å²) >= 11 is 2.53. The number of carbonyl (C=O) groups excluding carboxylic acids is 1. The molecule has 4 nitrogen and oxygen atoms in total. The van der Waals surface area contributed by atoms with Crippen LogP contribution in [-0.4, -0.2) is 64.6 Å². The number of alkyl halides is 1.